The number of thiocarbonyl (C=S) groups is 1. The molecule has 0 amide bonds. The van der Waals surface area contributed by atoms with Crippen molar-refractivity contribution in [2.45, 2.75) is 44.9 Å². The third-order valence-electron chi connectivity index (χ3n) is 5.05. The van der Waals surface area contributed by atoms with Crippen LogP contribution in [0, 0.1) is 0 Å². The first kappa shape index (κ1) is 16.7. The molecule has 2 aromatic rings. The molecule has 2 aliphatic rings. The van der Waals surface area contributed by atoms with Crippen molar-refractivity contribution in [2.75, 3.05) is 4.90 Å². The number of hydrogen-bond acceptors (Lipinski definition) is 2. The molecule has 0 aliphatic carbocycles. The van der Waals surface area contributed by atoms with E-state index in [4.69, 9.17) is 28.6 Å². The van der Waals surface area contributed by atoms with Crippen LogP contribution in [0.4, 0.5) is 5.69 Å². The molecular formula is C20H21ClN2OS. The van der Waals surface area contributed by atoms with E-state index in [0.29, 0.717) is 16.1 Å². The van der Waals surface area contributed by atoms with Crippen molar-refractivity contribution in [1.29, 1.82) is 0 Å². The molecular weight excluding hydrogens is 352 g/mol. The van der Waals surface area contributed by atoms with E-state index < -0.39 is 5.72 Å². The van der Waals surface area contributed by atoms with Crippen LogP contribution in [0.2, 0.25) is 5.02 Å². The maximum Gasteiger partial charge on any atom is 0.188 e. The second-order valence-corrected chi connectivity index (χ2v) is 8.07. The van der Waals surface area contributed by atoms with E-state index in [1.807, 2.05) is 18.2 Å². The summed E-state index contributed by atoms with van der Waals surface area (Å²) in [5.74, 6) is 1.37. The molecule has 0 aromatic heterocycles. The van der Waals surface area contributed by atoms with Crippen molar-refractivity contribution in [1.82, 2.24) is 5.32 Å². The Morgan fingerprint density at radius 1 is 1.24 bits per heavy atom. The lowest BCUT2D eigenvalue weighted by atomic mass is 9.90. The zero-order valence-electron chi connectivity index (χ0n) is 14.5. The molecule has 5 heteroatoms. The molecule has 2 atom stereocenters. The Morgan fingerprint density at radius 2 is 1.96 bits per heavy atom. The van der Waals surface area contributed by atoms with Gasteiger partial charge in [-0.25, -0.2) is 0 Å². The summed E-state index contributed by atoms with van der Waals surface area (Å²) in [5, 5.41) is 4.86. The number of fused-ring (bicyclic) bond motifs is 4. The molecule has 130 valence electrons. The third-order valence-corrected chi connectivity index (χ3v) is 5.59. The summed E-state index contributed by atoms with van der Waals surface area (Å²) in [5.41, 5.74) is 2.90. The third kappa shape index (κ3) is 2.77. The van der Waals surface area contributed by atoms with E-state index in [9.17, 15) is 0 Å². The SMILES string of the molecule is CC(C)c1ccc(N2C(=S)NC3CC2(C)Oc2ccc(Cl)cc23)cc1. The summed E-state index contributed by atoms with van der Waals surface area (Å²) in [6.45, 7) is 6.49. The number of rotatable bonds is 2. The summed E-state index contributed by atoms with van der Waals surface area (Å²) in [6, 6.07) is 14.5. The summed E-state index contributed by atoms with van der Waals surface area (Å²) >= 11 is 11.8. The molecule has 2 aromatic carbocycles. The Labute approximate surface area is 158 Å². The zero-order valence-corrected chi connectivity index (χ0v) is 16.1. The number of halogens is 1. The molecule has 1 fully saturated rings. The lowest BCUT2D eigenvalue weighted by molar-refractivity contribution is 0.0498. The summed E-state index contributed by atoms with van der Waals surface area (Å²) in [7, 11) is 0. The molecule has 1 saturated heterocycles. The fraction of sp³-hybridized carbons (Fsp3) is 0.350. The minimum Gasteiger partial charge on any atom is -0.467 e. The molecule has 0 spiro atoms. The first-order valence-corrected chi connectivity index (χ1v) is 9.35. The first-order chi connectivity index (χ1) is 11.9. The minimum absolute atomic E-state index is 0.117. The van der Waals surface area contributed by atoms with Gasteiger partial charge < -0.3 is 10.1 Å². The monoisotopic (exact) mass is 372 g/mol. The van der Waals surface area contributed by atoms with Gasteiger partial charge in [0.25, 0.3) is 0 Å². The second kappa shape index (κ2) is 5.89. The number of nitrogens with one attached hydrogen (secondary N) is 1. The quantitative estimate of drug-likeness (QED) is 0.713. The molecule has 2 unspecified atom stereocenters. The van der Waals surface area contributed by atoms with Crippen LogP contribution >= 0.6 is 23.8 Å². The van der Waals surface area contributed by atoms with Gasteiger partial charge in [-0.05, 0) is 61.0 Å². The average Bonchev–Trinajstić information content (AvgIpc) is 2.55. The predicted molar refractivity (Wildman–Crippen MR) is 107 cm³/mol. The lowest BCUT2D eigenvalue weighted by Crippen LogP contribution is -2.65. The van der Waals surface area contributed by atoms with Crippen LogP contribution in [0.15, 0.2) is 42.5 Å². The zero-order chi connectivity index (χ0) is 17.8. The summed E-state index contributed by atoms with van der Waals surface area (Å²) in [4.78, 5) is 2.08. The van der Waals surface area contributed by atoms with Gasteiger partial charge in [-0.3, -0.25) is 4.90 Å². The molecule has 0 radical (unpaired) electrons. The van der Waals surface area contributed by atoms with Gasteiger partial charge in [0.05, 0.1) is 6.04 Å². The van der Waals surface area contributed by atoms with Crippen LogP contribution in [-0.4, -0.2) is 10.8 Å². The maximum atomic E-state index is 6.40. The van der Waals surface area contributed by atoms with Crippen LogP contribution in [0.5, 0.6) is 5.75 Å². The Morgan fingerprint density at radius 3 is 2.64 bits per heavy atom. The van der Waals surface area contributed by atoms with Gasteiger partial charge in [-0.15, -0.1) is 0 Å². The van der Waals surface area contributed by atoms with Crippen molar-refractivity contribution >= 4 is 34.6 Å². The van der Waals surface area contributed by atoms with E-state index in [0.717, 1.165) is 23.4 Å². The normalized spacial score (nSPS) is 24.6. The van der Waals surface area contributed by atoms with Crippen LogP contribution in [0.3, 0.4) is 0 Å². The standard InChI is InChI=1S/C20H21ClN2OS/c1-12(2)13-4-7-15(8-5-13)23-19(25)22-17-11-20(23,3)24-18-9-6-14(21)10-16(17)18/h4-10,12,17H,11H2,1-3H3,(H,22,25). The fourth-order valence-electron chi connectivity index (χ4n) is 3.74. The van der Waals surface area contributed by atoms with Crippen molar-refractivity contribution in [2.24, 2.45) is 0 Å². The lowest BCUT2D eigenvalue weighted by Gasteiger charge is -2.52. The molecule has 2 heterocycles. The molecule has 3 nitrogen and oxygen atoms in total. The van der Waals surface area contributed by atoms with E-state index in [-0.39, 0.29) is 6.04 Å². The number of nitrogens with zero attached hydrogens (tertiary/aromatic N) is 1. The van der Waals surface area contributed by atoms with Crippen LogP contribution < -0.4 is 15.0 Å². The average molecular weight is 373 g/mol. The second-order valence-electron chi connectivity index (χ2n) is 7.25. The summed E-state index contributed by atoms with van der Waals surface area (Å²) in [6.07, 6.45) is 0.798. The highest BCUT2D eigenvalue weighted by atomic mass is 35.5. The Kier molecular flexibility index (Phi) is 3.93. The largest absolute Gasteiger partial charge is 0.467 e. The maximum absolute atomic E-state index is 6.40. The van der Waals surface area contributed by atoms with Gasteiger partial charge in [-0.1, -0.05) is 37.6 Å². The molecule has 4 rings (SSSR count). The highest BCUT2D eigenvalue weighted by Gasteiger charge is 2.48. The number of hydrogen-bond donors (Lipinski definition) is 1. The smallest absolute Gasteiger partial charge is 0.188 e. The van der Waals surface area contributed by atoms with Gasteiger partial charge >= 0.3 is 0 Å². The van der Waals surface area contributed by atoms with E-state index in [1.165, 1.54) is 5.56 Å². The highest BCUT2D eigenvalue weighted by molar-refractivity contribution is 7.80. The number of anilines is 1. The number of ether oxygens (including phenoxy) is 1. The fourth-order valence-corrected chi connectivity index (χ4v) is 4.37. The minimum atomic E-state index is -0.521. The van der Waals surface area contributed by atoms with Crippen LogP contribution in [-0.2, 0) is 0 Å². The Hall–Kier alpha value is -1.78. The molecule has 0 saturated carbocycles. The van der Waals surface area contributed by atoms with Crippen LogP contribution in [0.1, 0.15) is 50.3 Å². The molecule has 25 heavy (non-hydrogen) atoms. The van der Waals surface area contributed by atoms with Gasteiger partial charge in [0.2, 0.25) is 0 Å². The van der Waals surface area contributed by atoms with E-state index in [2.05, 4.69) is 55.3 Å². The van der Waals surface area contributed by atoms with Gasteiger partial charge in [0, 0.05) is 22.7 Å². The predicted octanol–water partition coefficient (Wildman–Crippen LogP) is 5.40. The molecule has 2 aliphatic heterocycles. The summed E-state index contributed by atoms with van der Waals surface area (Å²) < 4.78 is 6.40. The Balaban J connectivity index is 1.73. The van der Waals surface area contributed by atoms with Crippen molar-refractivity contribution < 1.29 is 4.74 Å². The van der Waals surface area contributed by atoms with Gasteiger partial charge in [-0.2, -0.15) is 0 Å². The van der Waals surface area contributed by atoms with Crippen molar-refractivity contribution in [3.05, 3.63) is 58.6 Å². The van der Waals surface area contributed by atoms with Crippen LogP contribution in [0.25, 0.3) is 0 Å². The highest BCUT2D eigenvalue weighted by Crippen LogP contribution is 2.46. The van der Waals surface area contributed by atoms with E-state index >= 15 is 0 Å². The van der Waals surface area contributed by atoms with Crippen molar-refractivity contribution in [3.8, 4) is 5.75 Å². The van der Waals surface area contributed by atoms with E-state index in [1.54, 1.807) is 0 Å². The number of benzene rings is 2. The van der Waals surface area contributed by atoms with Gasteiger partial charge in [0.1, 0.15) is 5.75 Å². The van der Waals surface area contributed by atoms with Crippen molar-refractivity contribution in [3.63, 3.8) is 0 Å². The topological polar surface area (TPSA) is 24.5 Å². The van der Waals surface area contributed by atoms with Gasteiger partial charge in [0.15, 0.2) is 10.8 Å². The molecule has 2 bridgehead atoms. The molecule has 1 N–H and O–H groups in total. The Bertz CT molecular complexity index is 836. The first-order valence-electron chi connectivity index (χ1n) is 8.56.